The van der Waals surface area contributed by atoms with Gasteiger partial charge in [0.25, 0.3) is 0 Å². The van der Waals surface area contributed by atoms with Gasteiger partial charge in [0.15, 0.2) is 0 Å². The van der Waals surface area contributed by atoms with Crippen molar-refractivity contribution in [2.45, 2.75) is 6.92 Å². The van der Waals surface area contributed by atoms with E-state index >= 15 is 0 Å². The molecule has 0 saturated heterocycles. The molecule has 4 aromatic rings. The van der Waals surface area contributed by atoms with Crippen molar-refractivity contribution in [3.63, 3.8) is 0 Å². The zero-order valence-electron chi connectivity index (χ0n) is 13.3. The molecule has 0 N–H and O–H groups in total. The highest BCUT2D eigenvalue weighted by Crippen LogP contribution is 2.39. The summed E-state index contributed by atoms with van der Waals surface area (Å²) in [5.74, 6) is 0.920. The summed E-state index contributed by atoms with van der Waals surface area (Å²) < 4.78 is 5.63. The second kappa shape index (κ2) is 5.44. The summed E-state index contributed by atoms with van der Waals surface area (Å²) in [5.41, 5.74) is 3.78. The molecule has 0 saturated carbocycles. The second-order valence-electron chi connectivity index (χ2n) is 5.84. The lowest BCUT2D eigenvalue weighted by Gasteiger charge is -2.14. The Bertz CT molecular complexity index is 1000. The van der Waals surface area contributed by atoms with Crippen LogP contribution in [0.3, 0.4) is 0 Å². The van der Waals surface area contributed by atoms with Crippen molar-refractivity contribution >= 4 is 21.5 Å². The first kappa shape index (κ1) is 13.8. The Hall–Kier alpha value is -2.80. The molecule has 0 aliphatic rings. The number of hydrogen-bond donors (Lipinski definition) is 0. The van der Waals surface area contributed by atoms with Crippen LogP contribution in [0.25, 0.3) is 32.7 Å². The Balaban J connectivity index is 2.16. The molecule has 0 aliphatic heterocycles. The van der Waals surface area contributed by atoms with Crippen LogP contribution in [0.1, 0.15) is 5.56 Å². The molecule has 0 amide bonds. The highest BCUT2D eigenvalue weighted by atomic mass is 16.5. The standard InChI is InChI=1S/C22H18O/c1-15-7-3-8-16-9-4-12-18(21(15)16)19-13-5-10-17-11-6-14-20(23-2)22(17)19/h3-14H,1-2H3. The maximum absolute atomic E-state index is 5.63. The third kappa shape index (κ3) is 2.17. The molecule has 0 aliphatic carbocycles. The molecular formula is C22H18O. The van der Waals surface area contributed by atoms with Gasteiger partial charge in [-0.05, 0) is 45.8 Å². The lowest BCUT2D eigenvalue weighted by atomic mass is 9.91. The number of methoxy groups -OCH3 is 1. The van der Waals surface area contributed by atoms with Gasteiger partial charge < -0.3 is 4.74 Å². The molecule has 1 nitrogen and oxygen atoms in total. The third-order valence-electron chi connectivity index (χ3n) is 4.49. The lowest BCUT2D eigenvalue weighted by molar-refractivity contribution is 0.420. The van der Waals surface area contributed by atoms with E-state index in [4.69, 9.17) is 4.74 Å². The molecule has 0 bridgehead atoms. The SMILES string of the molecule is COc1cccc2cccc(-c3cccc4cccc(C)c34)c12. The van der Waals surface area contributed by atoms with E-state index in [0.29, 0.717) is 0 Å². The van der Waals surface area contributed by atoms with Gasteiger partial charge in [0.05, 0.1) is 7.11 Å². The first-order valence-electron chi connectivity index (χ1n) is 7.84. The Labute approximate surface area is 136 Å². The van der Waals surface area contributed by atoms with Gasteiger partial charge in [-0.2, -0.15) is 0 Å². The average Bonchev–Trinajstić information content (AvgIpc) is 2.60. The van der Waals surface area contributed by atoms with Crippen molar-refractivity contribution in [1.82, 2.24) is 0 Å². The largest absolute Gasteiger partial charge is 0.496 e. The van der Waals surface area contributed by atoms with E-state index < -0.39 is 0 Å². The van der Waals surface area contributed by atoms with E-state index in [1.165, 1.54) is 38.2 Å². The molecule has 0 atom stereocenters. The number of fused-ring (bicyclic) bond motifs is 2. The van der Waals surface area contributed by atoms with Crippen LogP contribution in [0, 0.1) is 6.92 Å². The average molecular weight is 298 g/mol. The molecule has 0 aromatic heterocycles. The van der Waals surface area contributed by atoms with E-state index in [1.807, 2.05) is 12.1 Å². The normalized spacial score (nSPS) is 11.0. The van der Waals surface area contributed by atoms with Gasteiger partial charge in [-0.1, -0.05) is 66.7 Å². The van der Waals surface area contributed by atoms with Crippen LogP contribution in [0.5, 0.6) is 5.75 Å². The van der Waals surface area contributed by atoms with Gasteiger partial charge in [-0.25, -0.2) is 0 Å². The third-order valence-corrected chi connectivity index (χ3v) is 4.49. The molecule has 4 aromatic carbocycles. The molecule has 1 heteroatoms. The van der Waals surface area contributed by atoms with E-state index in [0.717, 1.165) is 5.75 Å². The van der Waals surface area contributed by atoms with Crippen LogP contribution in [0.2, 0.25) is 0 Å². The summed E-state index contributed by atoms with van der Waals surface area (Å²) in [7, 11) is 1.74. The number of hydrogen-bond acceptors (Lipinski definition) is 1. The van der Waals surface area contributed by atoms with Crippen LogP contribution in [-0.2, 0) is 0 Å². The van der Waals surface area contributed by atoms with Gasteiger partial charge in [-0.15, -0.1) is 0 Å². The van der Waals surface area contributed by atoms with Crippen molar-refractivity contribution in [3.8, 4) is 16.9 Å². The number of benzene rings is 4. The van der Waals surface area contributed by atoms with Crippen molar-refractivity contribution in [1.29, 1.82) is 0 Å². The molecule has 0 radical (unpaired) electrons. The summed E-state index contributed by atoms with van der Waals surface area (Å²) in [4.78, 5) is 0. The van der Waals surface area contributed by atoms with E-state index in [2.05, 4.69) is 67.6 Å². The fourth-order valence-electron chi connectivity index (χ4n) is 3.45. The first-order valence-corrected chi connectivity index (χ1v) is 7.84. The Kier molecular flexibility index (Phi) is 3.27. The molecule has 23 heavy (non-hydrogen) atoms. The fourth-order valence-corrected chi connectivity index (χ4v) is 3.45. The minimum absolute atomic E-state index is 0.920. The minimum Gasteiger partial charge on any atom is -0.496 e. The van der Waals surface area contributed by atoms with Crippen molar-refractivity contribution in [2.75, 3.05) is 7.11 Å². The quantitative estimate of drug-likeness (QED) is 0.442. The number of aryl methyl sites for hydroxylation is 1. The second-order valence-corrected chi connectivity index (χ2v) is 5.84. The van der Waals surface area contributed by atoms with Crippen LogP contribution < -0.4 is 4.74 Å². The number of rotatable bonds is 2. The van der Waals surface area contributed by atoms with Crippen LogP contribution in [-0.4, -0.2) is 7.11 Å². The molecule has 0 heterocycles. The lowest BCUT2D eigenvalue weighted by Crippen LogP contribution is -1.90. The predicted octanol–water partition coefficient (Wildman–Crippen LogP) is 5.98. The van der Waals surface area contributed by atoms with Crippen molar-refractivity contribution < 1.29 is 4.74 Å². The molecular weight excluding hydrogens is 280 g/mol. The molecule has 0 spiro atoms. The summed E-state index contributed by atoms with van der Waals surface area (Å²) in [6.45, 7) is 2.17. The van der Waals surface area contributed by atoms with Gasteiger partial charge in [0, 0.05) is 5.39 Å². The van der Waals surface area contributed by atoms with Gasteiger partial charge in [0.2, 0.25) is 0 Å². The Morgan fingerprint density at radius 1 is 0.609 bits per heavy atom. The highest BCUT2D eigenvalue weighted by molar-refractivity contribution is 6.08. The van der Waals surface area contributed by atoms with E-state index in [1.54, 1.807) is 7.11 Å². The summed E-state index contributed by atoms with van der Waals surface area (Å²) >= 11 is 0. The van der Waals surface area contributed by atoms with Gasteiger partial charge >= 0.3 is 0 Å². The van der Waals surface area contributed by atoms with E-state index in [9.17, 15) is 0 Å². The zero-order valence-corrected chi connectivity index (χ0v) is 13.3. The first-order chi connectivity index (χ1) is 11.3. The smallest absolute Gasteiger partial charge is 0.127 e. The summed E-state index contributed by atoms with van der Waals surface area (Å²) in [6.07, 6.45) is 0. The van der Waals surface area contributed by atoms with Crippen LogP contribution >= 0.6 is 0 Å². The topological polar surface area (TPSA) is 9.23 Å². The maximum atomic E-state index is 5.63. The fraction of sp³-hybridized carbons (Fsp3) is 0.0909. The van der Waals surface area contributed by atoms with E-state index in [-0.39, 0.29) is 0 Å². The van der Waals surface area contributed by atoms with Crippen molar-refractivity contribution in [2.24, 2.45) is 0 Å². The van der Waals surface area contributed by atoms with Gasteiger partial charge in [0.1, 0.15) is 5.75 Å². The summed E-state index contributed by atoms with van der Waals surface area (Å²) in [5, 5.41) is 4.96. The van der Waals surface area contributed by atoms with Crippen LogP contribution in [0.15, 0.2) is 72.8 Å². The minimum atomic E-state index is 0.920. The highest BCUT2D eigenvalue weighted by Gasteiger charge is 2.12. The monoisotopic (exact) mass is 298 g/mol. The van der Waals surface area contributed by atoms with Crippen LogP contribution in [0.4, 0.5) is 0 Å². The number of ether oxygens (including phenoxy) is 1. The van der Waals surface area contributed by atoms with Gasteiger partial charge in [-0.3, -0.25) is 0 Å². The predicted molar refractivity (Wildman–Crippen MR) is 98.2 cm³/mol. The summed E-state index contributed by atoms with van der Waals surface area (Å²) in [6, 6.07) is 25.6. The maximum Gasteiger partial charge on any atom is 0.127 e. The Morgan fingerprint density at radius 3 is 1.78 bits per heavy atom. The molecule has 0 unspecified atom stereocenters. The Morgan fingerprint density at radius 2 is 1.13 bits per heavy atom. The molecule has 112 valence electrons. The zero-order chi connectivity index (χ0) is 15.8. The molecule has 4 rings (SSSR count). The van der Waals surface area contributed by atoms with Crippen molar-refractivity contribution in [3.05, 3.63) is 78.4 Å². The molecule has 0 fully saturated rings.